The van der Waals surface area contributed by atoms with Crippen molar-refractivity contribution in [1.29, 1.82) is 0 Å². The predicted molar refractivity (Wildman–Crippen MR) is 150 cm³/mol. The molecule has 8 heteroatoms. The molecule has 2 aromatic carbocycles. The van der Waals surface area contributed by atoms with E-state index in [1.165, 1.54) is 33.1 Å². The summed E-state index contributed by atoms with van der Waals surface area (Å²) >= 11 is 2.81. The lowest BCUT2D eigenvalue weighted by Crippen LogP contribution is -2.28. The smallest absolute Gasteiger partial charge is 0.301 e. The van der Waals surface area contributed by atoms with Gasteiger partial charge in [-0.2, -0.15) is 0 Å². The summed E-state index contributed by atoms with van der Waals surface area (Å²) in [5.41, 5.74) is 2.46. The standard InChI is InChI=1S/C29H28N2O4S2/c1-16(2)15-35-20-10-7-18(8-11-20)26(32)24-25(22-6-5-13-36-22)31(28(34)27(24)33)29-30-21-12-9-19(17(3)4)14-23(21)37-29/h5-14,16-17,25,32H,15H2,1-4H3/b26-24+. The highest BCUT2D eigenvalue weighted by Crippen LogP contribution is 2.45. The fourth-order valence-electron chi connectivity index (χ4n) is 4.26. The number of hydrogen-bond acceptors (Lipinski definition) is 7. The molecule has 1 aliphatic rings. The van der Waals surface area contributed by atoms with Gasteiger partial charge in [0.15, 0.2) is 5.13 Å². The molecule has 2 aromatic heterocycles. The molecule has 0 aliphatic carbocycles. The Bertz CT molecular complexity index is 1480. The highest BCUT2D eigenvalue weighted by molar-refractivity contribution is 7.22. The number of thiazole rings is 1. The van der Waals surface area contributed by atoms with E-state index < -0.39 is 17.7 Å². The molecule has 1 N–H and O–H groups in total. The zero-order valence-corrected chi connectivity index (χ0v) is 22.7. The summed E-state index contributed by atoms with van der Waals surface area (Å²) in [6.45, 7) is 8.97. The van der Waals surface area contributed by atoms with Gasteiger partial charge in [-0.3, -0.25) is 14.5 Å². The Hall–Kier alpha value is -3.49. The van der Waals surface area contributed by atoms with E-state index in [1.807, 2.05) is 29.6 Å². The van der Waals surface area contributed by atoms with E-state index in [1.54, 1.807) is 24.3 Å². The first-order valence-corrected chi connectivity index (χ1v) is 13.9. The van der Waals surface area contributed by atoms with E-state index in [0.717, 1.165) is 15.1 Å². The molecule has 0 spiro atoms. The third-order valence-electron chi connectivity index (χ3n) is 6.24. The number of benzene rings is 2. The third kappa shape index (κ3) is 4.79. The topological polar surface area (TPSA) is 79.7 Å². The van der Waals surface area contributed by atoms with Crippen LogP contribution >= 0.6 is 22.7 Å². The van der Waals surface area contributed by atoms with Crippen LogP contribution in [0.15, 0.2) is 65.6 Å². The Balaban J connectivity index is 1.58. The Morgan fingerprint density at radius 3 is 2.49 bits per heavy atom. The van der Waals surface area contributed by atoms with Crippen molar-refractivity contribution in [2.75, 3.05) is 11.5 Å². The number of thiophene rings is 1. The summed E-state index contributed by atoms with van der Waals surface area (Å²) in [4.78, 5) is 33.7. The van der Waals surface area contributed by atoms with Gasteiger partial charge >= 0.3 is 5.91 Å². The van der Waals surface area contributed by atoms with Crippen molar-refractivity contribution in [1.82, 2.24) is 4.98 Å². The molecule has 0 saturated carbocycles. The molecule has 5 rings (SSSR count). The second-order valence-electron chi connectivity index (χ2n) is 9.79. The van der Waals surface area contributed by atoms with Gasteiger partial charge in [0, 0.05) is 10.4 Å². The van der Waals surface area contributed by atoms with Crippen LogP contribution in [0.2, 0.25) is 0 Å². The van der Waals surface area contributed by atoms with Gasteiger partial charge in [-0.25, -0.2) is 4.98 Å². The number of carbonyl (C=O) groups excluding carboxylic acids is 2. The first-order valence-electron chi connectivity index (χ1n) is 12.2. The second kappa shape index (κ2) is 10.1. The predicted octanol–water partition coefficient (Wildman–Crippen LogP) is 7.14. The summed E-state index contributed by atoms with van der Waals surface area (Å²) in [5, 5.41) is 13.6. The fraction of sp³-hybridized carbons (Fsp3) is 0.276. The molecule has 4 aromatic rings. The maximum absolute atomic E-state index is 13.4. The van der Waals surface area contributed by atoms with Crippen LogP contribution in [-0.2, 0) is 9.59 Å². The van der Waals surface area contributed by atoms with Gasteiger partial charge in [0.1, 0.15) is 17.6 Å². The van der Waals surface area contributed by atoms with E-state index in [9.17, 15) is 14.7 Å². The molecule has 190 valence electrons. The molecule has 0 bridgehead atoms. The number of ketones is 1. The normalized spacial score (nSPS) is 17.5. The van der Waals surface area contributed by atoms with E-state index in [4.69, 9.17) is 9.72 Å². The largest absolute Gasteiger partial charge is 0.507 e. The number of amides is 1. The number of fused-ring (bicyclic) bond motifs is 1. The Morgan fingerprint density at radius 2 is 1.84 bits per heavy atom. The van der Waals surface area contributed by atoms with Crippen molar-refractivity contribution in [3.8, 4) is 5.75 Å². The molecule has 3 heterocycles. The van der Waals surface area contributed by atoms with Gasteiger partial charge in [0.05, 0.1) is 22.4 Å². The minimum Gasteiger partial charge on any atom is -0.507 e. The van der Waals surface area contributed by atoms with Gasteiger partial charge in [-0.1, -0.05) is 51.2 Å². The summed E-state index contributed by atoms with van der Waals surface area (Å²) in [5.74, 6) is -0.210. The highest BCUT2D eigenvalue weighted by atomic mass is 32.1. The number of aliphatic hydroxyl groups is 1. The van der Waals surface area contributed by atoms with E-state index in [0.29, 0.717) is 34.9 Å². The maximum Gasteiger partial charge on any atom is 0.301 e. The molecule has 37 heavy (non-hydrogen) atoms. The number of anilines is 1. The minimum atomic E-state index is -0.762. The van der Waals surface area contributed by atoms with Crippen LogP contribution in [0.4, 0.5) is 5.13 Å². The van der Waals surface area contributed by atoms with Crippen LogP contribution < -0.4 is 9.64 Å². The maximum atomic E-state index is 13.4. The second-order valence-corrected chi connectivity index (χ2v) is 11.8. The van der Waals surface area contributed by atoms with Crippen LogP contribution in [0.25, 0.3) is 16.0 Å². The molecular formula is C29H28N2O4S2. The van der Waals surface area contributed by atoms with E-state index in [-0.39, 0.29) is 11.3 Å². The average Bonchev–Trinajstić information content (AvgIpc) is 3.61. The van der Waals surface area contributed by atoms with Gasteiger partial charge in [0.2, 0.25) is 0 Å². The fourth-order valence-corrected chi connectivity index (χ4v) is 6.13. The average molecular weight is 533 g/mol. The number of nitrogens with zero attached hydrogens (tertiary/aromatic N) is 2. The number of aliphatic hydroxyl groups excluding tert-OH is 1. The molecule has 1 atom stereocenters. The summed E-state index contributed by atoms with van der Waals surface area (Å²) in [6.07, 6.45) is 0. The zero-order valence-electron chi connectivity index (χ0n) is 21.1. The SMILES string of the molecule is CC(C)COc1ccc(/C(O)=C2\C(=O)C(=O)N(c3nc4ccc(C(C)C)cc4s3)C2c2cccs2)cc1. The van der Waals surface area contributed by atoms with Crippen LogP contribution in [0.5, 0.6) is 5.75 Å². The minimum absolute atomic E-state index is 0.0606. The molecule has 1 fully saturated rings. The van der Waals surface area contributed by atoms with Crippen molar-refractivity contribution in [3.63, 3.8) is 0 Å². The molecular weight excluding hydrogens is 504 g/mol. The number of hydrogen-bond donors (Lipinski definition) is 1. The summed E-state index contributed by atoms with van der Waals surface area (Å²) in [7, 11) is 0. The molecule has 1 aliphatic heterocycles. The van der Waals surface area contributed by atoms with Crippen LogP contribution in [0.3, 0.4) is 0 Å². The van der Waals surface area contributed by atoms with Crippen molar-refractivity contribution in [3.05, 3.63) is 81.6 Å². The van der Waals surface area contributed by atoms with Crippen molar-refractivity contribution < 1.29 is 19.4 Å². The number of aromatic nitrogens is 1. The number of rotatable bonds is 7. The monoisotopic (exact) mass is 532 g/mol. The number of ether oxygens (including phenoxy) is 1. The summed E-state index contributed by atoms with van der Waals surface area (Å²) in [6, 6.07) is 16.0. The summed E-state index contributed by atoms with van der Waals surface area (Å²) < 4.78 is 6.69. The lowest BCUT2D eigenvalue weighted by Gasteiger charge is -2.21. The van der Waals surface area contributed by atoms with Gasteiger partial charge in [0.25, 0.3) is 5.78 Å². The zero-order chi connectivity index (χ0) is 26.3. The van der Waals surface area contributed by atoms with E-state index >= 15 is 0 Å². The van der Waals surface area contributed by atoms with Crippen molar-refractivity contribution in [2.24, 2.45) is 5.92 Å². The molecule has 1 amide bonds. The van der Waals surface area contributed by atoms with Crippen molar-refractivity contribution in [2.45, 2.75) is 39.7 Å². The van der Waals surface area contributed by atoms with Gasteiger partial charge in [-0.05, 0) is 65.2 Å². The van der Waals surface area contributed by atoms with Crippen molar-refractivity contribution >= 4 is 55.5 Å². The molecule has 1 unspecified atom stereocenters. The van der Waals surface area contributed by atoms with Crippen LogP contribution in [0, 0.1) is 5.92 Å². The third-order valence-corrected chi connectivity index (χ3v) is 8.18. The molecule has 1 saturated heterocycles. The molecule has 6 nitrogen and oxygen atoms in total. The first kappa shape index (κ1) is 25.2. The van der Waals surface area contributed by atoms with Gasteiger partial charge in [-0.15, -0.1) is 11.3 Å². The molecule has 0 radical (unpaired) electrons. The first-order chi connectivity index (χ1) is 17.7. The quantitative estimate of drug-likeness (QED) is 0.155. The number of carbonyl (C=O) groups is 2. The number of Topliss-reactive ketones (excluding diaryl/α,β-unsaturated/α-hetero) is 1. The highest BCUT2D eigenvalue weighted by Gasteiger charge is 2.48. The Kier molecular flexibility index (Phi) is 6.88. The van der Waals surface area contributed by atoms with E-state index in [2.05, 4.69) is 33.8 Å². The van der Waals surface area contributed by atoms with Gasteiger partial charge < -0.3 is 9.84 Å². The van der Waals surface area contributed by atoms with Crippen LogP contribution in [0.1, 0.15) is 55.7 Å². The lowest BCUT2D eigenvalue weighted by molar-refractivity contribution is -0.132. The Morgan fingerprint density at radius 1 is 1.08 bits per heavy atom. The Labute approximate surface area is 223 Å². The lowest BCUT2D eigenvalue weighted by atomic mass is 10.00. The van der Waals surface area contributed by atoms with Crippen LogP contribution in [-0.4, -0.2) is 28.4 Å².